The first-order valence-electron chi connectivity index (χ1n) is 6.55. The van der Waals surface area contributed by atoms with Crippen molar-refractivity contribution in [2.45, 2.75) is 31.7 Å². The van der Waals surface area contributed by atoms with Crippen LogP contribution in [0.15, 0.2) is 18.2 Å². The van der Waals surface area contributed by atoms with E-state index in [1.165, 1.54) is 37.1 Å². The number of methoxy groups -OCH3 is 1. The van der Waals surface area contributed by atoms with E-state index >= 15 is 0 Å². The molecule has 0 radical (unpaired) electrons. The van der Waals surface area contributed by atoms with Gasteiger partial charge in [-0.25, -0.2) is 0 Å². The molecule has 3 heteroatoms. The maximum absolute atomic E-state index is 5.29. The number of anilines is 2. The minimum absolute atomic E-state index is 0.629. The lowest BCUT2D eigenvalue weighted by atomic mass is 9.84. The number of nitrogens with one attached hydrogen (secondary N) is 2. The highest BCUT2D eigenvalue weighted by Crippen LogP contribution is 2.35. The Morgan fingerprint density at radius 2 is 2.06 bits per heavy atom. The van der Waals surface area contributed by atoms with Gasteiger partial charge in [0, 0.05) is 18.7 Å². The molecule has 0 bridgehead atoms. The predicted octanol–water partition coefficient (Wildman–Crippen LogP) is 3.09. The van der Waals surface area contributed by atoms with E-state index in [1.54, 1.807) is 7.11 Å². The van der Waals surface area contributed by atoms with Gasteiger partial charge in [0.1, 0.15) is 5.75 Å². The van der Waals surface area contributed by atoms with Gasteiger partial charge in [-0.15, -0.1) is 0 Å². The Bertz CT molecular complexity index is 405. The van der Waals surface area contributed by atoms with Crippen LogP contribution in [0.1, 0.15) is 25.7 Å². The summed E-state index contributed by atoms with van der Waals surface area (Å²) in [5.41, 5.74) is 2.40. The quantitative estimate of drug-likeness (QED) is 0.780. The molecule has 92 valence electrons. The van der Waals surface area contributed by atoms with E-state index < -0.39 is 0 Å². The molecule has 1 saturated carbocycles. The van der Waals surface area contributed by atoms with Gasteiger partial charge in [-0.1, -0.05) is 12.8 Å². The number of rotatable bonds is 1. The van der Waals surface area contributed by atoms with Gasteiger partial charge in [0.2, 0.25) is 0 Å². The Kier molecular flexibility index (Phi) is 2.83. The summed E-state index contributed by atoms with van der Waals surface area (Å²) >= 11 is 0. The van der Waals surface area contributed by atoms with Gasteiger partial charge in [0.15, 0.2) is 0 Å². The van der Waals surface area contributed by atoms with Gasteiger partial charge in [0.25, 0.3) is 0 Å². The largest absolute Gasteiger partial charge is 0.497 e. The number of hydrogen-bond donors (Lipinski definition) is 2. The number of hydrogen-bond acceptors (Lipinski definition) is 3. The third-order valence-electron chi connectivity index (χ3n) is 4.03. The highest BCUT2D eigenvalue weighted by Gasteiger charge is 2.27. The van der Waals surface area contributed by atoms with Crippen molar-refractivity contribution in [1.82, 2.24) is 0 Å². The summed E-state index contributed by atoms with van der Waals surface area (Å²) in [6, 6.07) is 6.85. The van der Waals surface area contributed by atoms with E-state index in [0.717, 1.165) is 18.2 Å². The molecule has 1 aliphatic heterocycles. The van der Waals surface area contributed by atoms with E-state index in [2.05, 4.69) is 22.8 Å². The third kappa shape index (κ3) is 2.06. The molecule has 3 nitrogen and oxygen atoms in total. The van der Waals surface area contributed by atoms with Crippen LogP contribution in [0.2, 0.25) is 0 Å². The summed E-state index contributed by atoms with van der Waals surface area (Å²) in [6.45, 7) is 1.09. The fraction of sp³-hybridized carbons (Fsp3) is 0.571. The molecule has 2 atom stereocenters. The number of benzene rings is 1. The van der Waals surface area contributed by atoms with Gasteiger partial charge in [-0.3, -0.25) is 0 Å². The van der Waals surface area contributed by atoms with Crippen LogP contribution in [0.4, 0.5) is 11.4 Å². The third-order valence-corrected chi connectivity index (χ3v) is 4.03. The molecule has 0 aromatic heterocycles. The standard InChI is InChI=1S/C14H20N2O/c1-17-11-6-7-13-14(8-11)16-12-5-3-2-4-10(12)9-15-13/h6-8,10,12,15-16H,2-5,9H2,1H3. The second-order valence-electron chi connectivity index (χ2n) is 5.09. The molecule has 2 N–H and O–H groups in total. The number of ether oxygens (including phenoxy) is 1. The zero-order chi connectivity index (χ0) is 11.7. The highest BCUT2D eigenvalue weighted by atomic mass is 16.5. The Hall–Kier alpha value is -1.38. The lowest BCUT2D eigenvalue weighted by Crippen LogP contribution is -2.34. The SMILES string of the molecule is COc1ccc2c(c1)NC1CCCCC1CN2. The molecule has 1 aromatic carbocycles. The van der Waals surface area contributed by atoms with Crippen molar-refractivity contribution in [2.75, 3.05) is 24.3 Å². The summed E-state index contributed by atoms with van der Waals surface area (Å²) in [7, 11) is 1.72. The van der Waals surface area contributed by atoms with Crippen molar-refractivity contribution in [3.05, 3.63) is 18.2 Å². The second kappa shape index (κ2) is 4.47. The predicted molar refractivity (Wildman–Crippen MR) is 70.9 cm³/mol. The number of fused-ring (bicyclic) bond motifs is 2. The summed E-state index contributed by atoms with van der Waals surface area (Å²) in [5.74, 6) is 1.69. The minimum Gasteiger partial charge on any atom is -0.497 e. The summed E-state index contributed by atoms with van der Waals surface area (Å²) < 4.78 is 5.29. The van der Waals surface area contributed by atoms with Crippen LogP contribution in [0.3, 0.4) is 0 Å². The van der Waals surface area contributed by atoms with Gasteiger partial charge in [-0.2, -0.15) is 0 Å². The maximum atomic E-state index is 5.29. The van der Waals surface area contributed by atoms with E-state index in [9.17, 15) is 0 Å². The Labute approximate surface area is 103 Å². The van der Waals surface area contributed by atoms with E-state index in [4.69, 9.17) is 4.74 Å². The monoisotopic (exact) mass is 232 g/mol. The molecule has 3 rings (SSSR count). The summed E-state index contributed by atoms with van der Waals surface area (Å²) in [6.07, 6.45) is 5.37. The summed E-state index contributed by atoms with van der Waals surface area (Å²) in [4.78, 5) is 0. The summed E-state index contributed by atoms with van der Waals surface area (Å²) in [5, 5.41) is 7.25. The van der Waals surface area contributed by atoms with E-state index in [1.807, 2.05) is 6.07 Å². The van der Waals surface area contributed by atoms with Crippen LogP contribution < -0.4 is 15.4 Å². The second-order valence-corrected chi connectivity index (χ2v) is 5.09. The average molecular weight is 232 g/mol. The van der Waals surface area contributed by atoms with E-state index in [0.29, 0.717) is 6.04 Å². The van der Waals surface area contributed by atoms with Crippen molar-refractivity contribution in [2.24, 2.45) is 5.92 Å². The molecular weight excluding hydrogens is 212 g/mol. The van der Waals surface area contributed by atoms with E-state index in [-0.39, 0.29) is 0 Å². The van der Waals surface area contributed by atoms with Crippen LogP contribution in [0.5, 0.6) is 5.75 Å². The van der Waals surface area contributed by atoms with Crippen LogP contribution in [0, 0.1) is 5.92 Å². The normalized spacial score (nSPS) is 26.9. The maximum Gasteiger partial charge on any atom is 0.121 e. The van der Waals surface area contributed by atoms with Crippen LogP contribution in [-0.4, -0.2) is 19.7 Å². The topological polar surface area (TPSA) is 33.3 Å². The first-order valence-corrected chi connectivity index (χ1v) is 6.55. The molecule has 2 unspecified atom stereocenters. The van der Waals surface area contributed by atoms with Crippen molar-refractivity contribution in [3.8, 4) is 5.75 Å². The van der Waals surface area contributed by atoms with Gasteiger partial charge in [0.05, 0.1) is 18.5 Å². The lowest BCUT2D eigenvalue weighted by molar-refractivity contribution is 0.342. The Balaban J connectivity index is 1.88. The van der Waals surface area contributed by atoms with Crippen LogP contribution in [-0.2, 0) is 0 Å². The Morgan fingerprint density at radius 1 is 1.18 bits per heavy atom. The van der Waals surface area contributed by atoms with Gasteiger partial charge < -0.3 is 15.4 Å². The van der Waals surface area contributed by atoms with Crippen molar-refractivity contribution in [3.63, 3.8) is 0 Å². The molecule has 0 spiro atoms. The molecule has 2 aliphatic rings. The molecule has 17 heavy (non-hydrogen) atoms. The van der Waals surface area contributed by atoms with Crippen molar-refractivity contribution in [1.29, 1.82) is 0 Å². The molecule has 1 aliphatic carbocycles. The zero-order valence-electron chi connectivity index (χ0n) is 10.3. The van der Waals surface area contributed by atoms with Crippen molar-refractivity contribution >= 4 is 11.4 Å². The molecular formula is C14H20N2O. The average Bonchev–Trinajstić information content (AvgIpc) is 2.56. The van der Waals surface area contributed by atoms with Gasteiger partial charge >= 0.3 is 0 Å². The highest BCUT2D eigenvalue weighted by molar-refractivity contribution is 5.72. The lowest BCUT2D eigenvalue weighted by Gasteiger charge is -2.30. The minimum atomic E-state index is 0.629. The fourth-order valence-corrected chi connectivity index (χ4v) is 3.01. The fourth-order valence-electron chi connectivity index (χ4n) is 3.01. The smallest absolute Gasteiger partial charge is 0.121 e. The molecule has 0 saturated heterocycles. The first kappa shape index (κ1) is 10.8. The Morgan fingerprint density at radius 3 is 2.94 bits per heavy atom. The molecule has 1 aromatic rings. The zero-order valence-corrected chi connectivity index (χ0v) is 10.3. The molecule has 1 heterocycles. The molecule has 1 fully saturated rings. The van der Waals surface area contributed by atoms with Gasteiger partial charge in [-0.05, 0) is 30.9 Å². The van der Waals surface area contributed by atoms with Crippen LogP contribution >= 0.6 is 0 Å². The first-order chi connectivity index (χ1) is 8.36. The molecule has 0 amide bonds. The van der Waals surface area contributed by atoms with Crippen molar-refractivity contribution < 1.29 is 4.74 Å². The van der Waals surface area contributed by atoms with Crippen LogP contribution in [0.25, 0.3) is 0 Å².